The average molecular weight is 415 g/mol. The zero-order chi connectivity index (χ0) is 19.9. The largest absolute Gasteiger partial charge is 0.380 e. The Morgan fingerprint density at radius 1 is 1.21 bits per heavy atom. The highest BCUT2D eigenvalue weighted by atomic mass is 32.2. The molecule has 1 amide bonds. The van der Waals surface area contributed by atoms with Crippen molar-refractivity contribution >= 4 is 39.2 Å². The van der Waals surface area contributed by atoms with Gasteiger partial charge in [-0.2, -0.15) is 4.99 Å². The van der Waals surface area contributed by atoms with Crippen molar-refractivity contribution in [3.8, 4) is 0 Å². The molecule has 148 valence electrons. The fraction of sp³-hybridized carbons (Fsp3) is 0.364. The van der Waals surface area contributed by atoms with Gasteiger partial charge >= 0.3 is 0 Å². The molecule has 0 fully saturated rings. The van der Waals surface area contributed by atoms with E-state index in [-0.39, 0.29) is 5.91 Å². The van der Waals surface area contributed by atoms with Crippen LogP contribution in [0.25, 0.3) is 10.2 Å². The molecule has 0 bridgehead atoms. The molecule has 0 spiro atoms. The Morgan fingerprint density at radius 2 is 2.00 bits per heavy atom. The molecule has 2 aromatic carbocycles. The second kappa shape index (κ2) is 10.0. The van der Waals surface area contributed by atoms with Gasteiger partial charge in [-0.3, -0.25) is 4.79 Å². The number of hydrogen-bond acceptors (Lipinski definition) is 4. The molecule has 0 aliphatic heterocycles. The van der Waals surface area contributed by atoms with Crippen LogP contribution in [0.15, 0.2) is 52.4 Å². The molecule has 0 aliphatic carbocycles. The Morgan fingerprint density at radius 3 is 2.75 bits per heavy atom. The number of hydrogen-bond donors (Lipinski definition) is 0. The van der Waals surface area contributed by atoms with Gasteiger partial charge in [-0.1, -0.05) is 35.6 Å². The minimum atomic E-state index is -0.0745. The molecule has 0 unspecified atom stereocenters. The number of carbonyl (C=O) groups excluding carboxylic acids is 1. The number of nitrogens with zero attached hydrogens (tertiary/aromatic N) is 2. The molecule has 0 radical (unpaired) electrons. The van der Waals surface area contributed by atoms with Gasteiger partial charge in [0.15, 0.2) is 4.80 Å². The minimum Gasteiger partial charge on any atom is -0.380 e. The monoisotopic (exact) mass is 414 g/mol. The molecule has 0 N–H and O–H groups in total. The summed E-state index contributed by atoms with van der Waals surface area (Å²) in [5.74, 6) is 0.656. The second-order valence-corrected chi connectivity index (χ2v) is 8.73. The molecular weight excluding hydrogens is 388 g/mol. The number of benzene rings is 2. The van der Waals surface area contributed by atoms with Crippen LogP contribution in [0, 0.1) is 13.8 Å². The Labute approximate surface area is 174 Å². The van der Waals surface area contributed by atoms with Gasteiger partial charge in [-0.15, -0.1) is 11.8 Å². The van der Waals surface area contributed by atoms with Gasteiger partial charge in [0.1, 0.15) is 0 Å². The van der Waals surface area contributed by atoms with Crippen molar-refractivity contribution in [3.63, 3.8) is 0 Å². The van der Waals surface area contributed by atoms with E-state index in [0.717, 1.165) is 16.1 Å². The molecule has 0 saturated carbocycles. The van der Waals surface area contributed by atoms with Crippen molar-refractivity contribution in [3.05, 3.63) is 58.4 Å². The highest BCUT2D eigenvalue weighted by Crippen LogP contribution is 2.23. The van der Waals surface area contributed by atoms with Gasteiger partial charge in [0.25, 0.3) is 0 Å². The lowest BCUT2D eigenvalue weighted by molar-refractivity contribution is -0.117. The predicted molar refractivity (Wildman–Crippen MR) is 118 cm³/mol. The third-order valence-corrected chi connectivity index (χ3v) is 6.57. The van der Waals surface area contributed by atoms with Gasteiger partial charge < -0.3 is 9.30 Å². The van der Waals surface area contributed by atoms with Crippen LogP contribution in [-0.2, 0) is 16.1 Å². The fourth-order valence-corrected chi connectivity index (χ4v) is 5.04. The number of fused-ring (bicyclic) bond motifs is 1. The average Bonchev–Trinajstić information content (AvgIpc) is 3.00. The first kappa shape index (κ1) is 20.8. The van der Waals surface area contributed by atoms with E-state index in [4.69, 9.17) is 4.74 Å². The van der Waals surface area contributed by atoms with E-state index in [9.17, 15) is 4.79 Å². The number of rotatable bonds is 8. The van der Waals surface area contributed by atoms with E-state index in [2.05, 4.69) is 47.7 Å². The number of thioether (sulfide) groups is 1. The minimum absolute atomic E-state index is 0.0745. The van der Waals surface area contributed by atoms with Crippen LogP contribution in [0.1, 0.15) is 24.5 Å². The van der Waals surface area contributed by atoms with Gasteiger partial charge in [-0.25, -0.2) is 0 Å². The number of aromatic nitrogens is 1. The van der Waals surface area contributed by atoms with E-state index in [1.54, 1.807) is 23.1 Å². The van der Waals surface area contributed by atoms with E-state index in [1.807, 2.05) is 25.1 Å². The lowest BCUT2D eigenvalue weighted by Gasteiger charge is -2.07. The quantitative estimate of drug-likeness (QED) is 0.386. The lowest BCUT2D eigenvalue weighted by atomic mass is 10.1. The molecule has 3 aromatic rings. The second-order valence-electron chi connectivity index (χ2n) is 6.58. The molecule has 4 nitrogen and oxygen atoms in total. The molecule has 1 heterocycles. The van der Waals surface area contributed by atoms with Crippen molar-refractivity contribution in [1.29, 1.82) is 0 Å². The Kier molecular flexibility index (Phi) is 7.48. The lowest BCUT2D eigenvalue weighted by Crippen LogP contribution is -2.19. The van der Waals surface area contributed by atoms with Crippen molar-refractivity contribution in [2.45, 2.75) is 38.6 Å². The number of carbonyl (C=O) groups is 1. The van der Waals surface area contributed by atoms with Crippen LogP contribution >= 0.6 is 23.1 Å². The van der Waals surface area contributed by atoms with Crippen LogP contribution in [-0.4, -0.2) is 29.4 Å². The van der Waals surface area contributed by atoms with Crippen LogP contribution in [0.3, 0.4) is 0 Å². The molecule has 0 saturated heterocycles. The van der Waals surface area contributed by atoms with Crippen molar-refractivity contribution in [2.24, 2.45) is 4.99 Å². The van der Waals surface area contributed by atoms with Crippen LogP contribution in [0.5, 0.6) is 0 Å². The maximum absolute atomic E-state index is 12.5. The van der Waals surface area contributed by atoms with Crippen molar-refractivity contribution in [2.75, 3.05) is 19.0 Å². The van der Waals surface area contributed by atoms with Crippen LogP contribution in [0.4, 0.5) is 0 Å². The standard InChI is InChI=1S/C22H26N2O2S2/c1-4-26-12-11-24-19-15-16(2)14-17(3)21(19)28-22(24)23-20(25)10-13-27-18-8-6-5-7-9-18/h5-9,14-15H,4,10-13H2,1-3H3. The summed E-state index contributed by atoms with van der Waals surface area (Å²) in [4.78, 5) is 18.9. The Balaban J connectivity index is 1.82. The van der Waals surface area contributed by atoms with Gasteiger partial charge in [-0.05, 0) is 50.1 Å². The molecular formula is C22H26N2O2S2. The summed E-state index contributed by atoms with van der Waals surface area (Å²) >= 11 is 3.27. The highest BCUT2D eigenvalue weighted by Gasteiger charge is 2.11. The van der Waals surface area contributed by atoms with Gasteiger partial charge in [0, 0.05) is 30.2 Å². The summed E-state index contributed by atoms with van der Waals surface area (Å²) in [6.07, 6.45) is 0.428. The summed E-state index contributed by atoms with van der Waals surface area (Å²) in [6, 6.07) is 14.5. The summed E-state index contributed by atoms with van der Waals surface area (Å²) in [5.41, 5.74) is 3.57. The summed E-state index contributed by atoms with van der Waals surface area (Å²) in [6.45, 7) is 8.19. The van der Waals surface area contributed by atoms with Crippen LogP contribution in [0.2, 0.25) is 0 Å². The SMILES string of the molecule is CCOCCn1c(=NC(=O)CCSc2ccccc2)sc2c(C)cc(C)cc21. The molecule has 28 heavy (non-hydrogen) atoms. The molecule has 6 heteroatoms. The van der Waals surface area contributed by atoms with Gasteiger partial charge in [0.2, 0.25) is 5.91 Å². The molecule has 1 aromatic heterocycles. The van der Waals surface area contributed by atoms with E-state index >= 15 is 0 Å². The van der Waals surface area contributed by atoms with Crippen LogP contribution < -0.4 is 4.80 Å². The highest BCUT2D eigenvalue weighted by molar-refractivity contribution is 7.99. The third kappa shape index (κ3) is 5.34. The normalized spacial score (nSPS) is 12.0. The molecule has 3 rings (SSSR count). The van der Waals surface area contributed by atoms with E-state index in [1.165, 1.54) is 20.7 Å². The third-order valence-electron chi connectivity index (χ3n) is 4.33. The predicted octanol–water partition coefficient (Wildman–Crippen LogP) is 4.97. The summed E-state index contributed by atoms with van der Waals surface area (Å²) < 4.78 is 8.85. The first-order valence-corrected chi connectivity index (χ1v) is 11.3. The zero-order valence-electron chi connectivity index (χ0n) is 16.6. The zero-order valence-corrected chi connectivity index (χ0v) is 18.2. The van der Waals surface area contributed by atoms with Gasteiger partial charge in [0.05, 0.1) is 16.8 Å². The Hall–Kier alpha value is -1.89. The first-order valence-electron chi connectivity index (χ1n) is 9.52. The van der Waals surface area contributed by atoms with Crippen molar-refractivity contribution in [1.82, 2.24) is 4.57 Å². The number of thiazole rings is 1. The summed E-state index contributed by atoms with van der Waals surface area (Å²) in [7, 11) is 0. The number of amides is 1. The fourth-order valence-electron chi connectivity index (χ4n) is 3.05. The maximum atomic E-state index is 12.5. The topological polar surface area (TPSA) is 43.6 Å². The van der Waals surface area contributed by atoms with E-state index in [0.29, 0.717) is 26.2 Å². The summed E-state index contributed by atoms with van der Waals surface area (Å²) in [5, 5.41) is 0. The first-order chi connectivity index (χ1) is 13.6. The number of ether oxygens (including phenoxy) is 1. The van der Waals surface area contributed by atoms with Crippen molar-refractivity contribution < 1.29 is 9.53 Å². The smallest absolute Gasteiger partial charge is 0.249 e. The number of aryl methyl sites for hydroxylation is 2. The molecule has 0 atom stereocenters. The maximum Gasteiger partial charge on any atom is 0.249 e. The molecule has 0 aliphatic rings. The Bertz CT molecular complexity index is 1010. The van der Waals surface area contributed by atoms with E-state index < -0.39 is 0 Å².